The molecule has 0 aromatic heterocycles. The second-order valence-corrected chi connectivity index (χ2v) is 5.69. The first-order valence-electron chi connectivity index (χ1n) is 7.26. The molecule has 1 N–H and O–H groups in total. The number of benzene rings is 2. The van der Waals surface area contributed by atoms with Gasteiger partial charge in [-0.25, -0.2) is 0 Å². The number of rotatable bonds is 6. The number of carbonyl (C=O) groups excluding carboxylic acids is 1. The van der Waals surface area contributed by atoms with Crippen molar-refractivity contribution in [1.82, 2.24) is 5.32 Å². The Morgan fingerprint density at radius 1 is 1.14 bits per heavy atom. The Balaban J connectivity index is 1.72. The molecule has 0 aliphatic heterocycles. The maximum absolute atomic E-state index is 11.8. The van der Waals surface area contributed by atoms with E-state index in [1.165, 1.54) is 11.1 Å². The summed E-state index contributed by atoms with van der Waals surface area (Å²) in [5.41, 5.74) is 3.34. The van der Waals surface area contributed by atoms with Gasteiger partial charge in [-0.15, -0.1) is 0 Å². The van der Waals surface area contributed by atoms with Gasteiger partial charge in [-0.3, -0.25) is 4.79 Å². The van der Waals surface area contributed by atoms with Gasteiger partial charge in [-0.05, 0) is 54.8 Å². The Morgan fingerprint density at radius 2 is 1.95 bits per heavy atom. The van der Waals surface area contributed by atoms with Crippen molar-refractivity contribution in [1.29, 1.82) is 0 Å². The summed E-state index contributed by atoms with van der Waals surface area (Å²) in [6, 6.07) is 13.3. The highest BCUT2D eigenvalue weighted by atomic mass is 35.5. The minimum atomic E-state index is -0.0362. The van der Waals surface area contributed by atoms with Gasteiger partial charge in [0.1, 0.15) is 12.4 Å². The Bertz CT molecular complexity index is 655. The van der Waals surface area contributed by atoms with Crippen molar-refractivity contribution < 1.29 is 9.53 Å². The first kappa shape index (κ1) is 16.4. The molecule has 0 atom stereocenters. The van der Waals surface area contributed by atoms with Crippen LogP contribution < -0.4 is 10.1 Å². The second-order valence-electron chi connectivity index (χ2n) is 5.25. The maximum Gasteiger partial charge on any atom is 0.224 e. The molecule has 1 amide bonds. The standard InChI is InChI=1S/C18H20ClNO2/c1-13-6-7-17(10-14(13)2)22-9-8-20-18(21)12-15-4-3-5-16(19)11-15/h3-7,10-11H,8-9,12H2,1-2H3,(H,20,21). The molecule has 0 unspecified atom stereocenters. The molecule has 3 nitrogen and oxygen atoms in total. The van der Waals surface area contributed by atoms with Crippen LogP contribution in [-0.2, 0) is 11.2 Å². The van der Waals surface area contributed by atoms with Gasteiger partial charge in [0.25, 0.3) is 0 Å². The molecule has 116 valence electrons. The van der Waals surface area contributed by atoms with Crippen LogP contribution in [0.5, 0.6) is 5.75 Å². The van der Waals surface area contributed by atoms with Crippen LogP contribution in [0.4, 0.5) is 0 Å². The van der Waals surface area contributed by atoms with Crippen molar-refractivity contribution in [3.05, 3.63) is 64.2 Å². The van der Waals surface area contributed by atoms with Crippen molar-refractivity contribution in [3.63, 3.8) is 0 Å². The zero-order chi connectivity index (χ0) is 15.9. The highest BCUT2D eigenvalue weighted by molar-refractivity contribution is 6.30. The molecule has 0 bridgehead atoms. The average molecular weight is 318 g/mol. The van der Waals surface area contributed by atoms with E-state index in [-0.39, 0.29) is 5.91 Å². The van der Waals surface area contributed by atoms with Gasteiger partial charge < -0.3 is 10.1 Å². The summed E-state index contributed by atoms with van der Waals surface area (Å²) in [6.07, 6.45) is 0.324. The van der Waals surface area contributed by atoms with E-state index in [0.29, 0.717) is 24.6 Å². The lowest BCUT2D eigenvalue weighted by Crippen LogP contribution is -2.29. The smallest absolute Gasteiger partial charge is 0.224 e. The highest BCUT2D eigenvalue weighted by Gasteiger charge is 2.03. The number of halogens is 1. The monoisotopic (exact) mass is 317 g/mol. The summed E-state index contributed by atoms with van der Waals surface area (Å²) in [6.45, 7) is 5.04. The molecule has 2 rings (SSSR count). The third-order valence-corrected chi connectivity index (χ3v) is 3.66. The number of amides is 1. The van der Waals surface area contributed by atoms with Gasteiger partial charge in [-0.2, -0.15) is 0 Å². The van der Waals surface area contributed by atoms with Crippen molar-refractivity contribution >= 4 is 17.5 Å². The summed E-state index contributed by atoms with van der Waals surface area (Å²) in [7, 11) is 0. The summed E-state index contributed by atoms with van der Waals surface area (Å²) in [5, 5.41) is 3.48. The summed E-state index contributed by atoms with van der Waals surface area (Å²) >= 11 is 5.90. The fourth-order valence-electron chi connectivity index (χ4n) is 2.06. The van der Waals surface area contributed by atoms with Crippen LogP contribution in [0.15, 0.2) is 42.5 Å². The number of hydrogen-bond acceptors (Lipinski definition) is 2. The molecule has 4 heteroatoms. The Hall–Kier alpha value is -2.00. The first-order valence-corrected chi connectivity index (χ1v) is 7.63. The van der Waals surface area contributed by atoms with Gasteiger partial charge in [0.05, 0.1) is 13.0 Å². The lowest BCUT2D eigenvalue weighted by atomic mass is 10.1. The average Bonchev–Trinajstić information content (AvgIpc) is 2.47. The first-order chi connectivity index (χ1) is 10.5. The van der Waals surface area contributed by atoms with Crippen LogP contribution in [0.3, 0.4) is 0 Å². The molecular weight excluding hydrogens is 298 g/mol. The second kappa shape index (κ2) is 7.85. The number of aryl methyl sites for hydroxylation is 2. The van der Waals surface area contributed by atoms with Crippen molar-refractivity contribution in [2.24, 2.45) is 0 Å². The van der Waals surface area contributed by atoms with Gasteiger partial charge in [0, 0.05) is 5.02 Å². The van der Waals surface area contributed by atoms with Gasteiger partial charge >= 0.3 is 0 Å². The summed E-state index contributed by atoms with van der Waals surface area (Å²) in [5.74, 6) is 0.790. The van der Waals surface area contributed by atoms with Gasteiger partial charge in [0.15, 0.2) is 0 Å². The van der Waals surface area contributed by atoms with E-state index in [2.05, 4.69) is 19.2 Å². The van der Waals surface area contributed by atoms with Gasteiger partial charge in [-0.1, -0.05) is 29.8 Å². The maximum atomic E-state index is 11.8. The molecule has 0 saturated carbocycles. The van der Waals surface area contributed by atoms with Crippen molar-refractivity contribution in [2.75, 3.05) is 13.2 Å². The van der Waals surface area contributed by atoms with Gasteiger partial charge in [0.2, 0.25) is 5.91 Å². The zero-order valence-electron chi connectivity index (χ0n) is 12.9. The Morgan fingerprint density at radius 3 is 2.68 bits per heavy atom. The molecule has 2 aromatic carbocycles. The molecule has 0 fully saturated rings. The molecule has 0 radical (unpaired) electrons. The molecule has 0 saturated heterocycles. The number of carbonyl (C=O) groups is 1. The predicted molar refractivity (Wildman–Crippen MR) is 89.6 cm³/mol. The molecule has 0 spiro atoms. The van der Waals surface area contributed by atoms with Crippen molar-refractivity contribution in [3.8, 4) is 5.75 Å². The SMILES string of the molecule is Cc1ccc(OCCNC(=O)Cc2cccc(Cl)c2)cc1C. The lowest BCUT2D eigenvalue weighted by Gasteiger charge is -2.09. The molecule has 0 aliphatic carbocycles. The number of ether oxygens (including phenoxy) is 1. The van der Waals surface area contributed by atoms with Crippen LogP contribution in [-0.4, -0.2) is 19.1 Å². The van der Waals surface area contributed by atoms with E-state index >= 15 is 0 Å². The number of nitrogens with one attached hydrogen (secondary N) is 1. The normalized spacial score (nSPS) is 10.3. The predicted octanol–water partition coefficient (Wildman–Crippen LogP) is 3.69. The Kier molecular flexibility index (Phi) is 5.84. The molecule has 0 aliphatic rings. The van der Waals surface area contributed by atoms with Crippen molar-refractivity contribution in [2.45, 2.75) is 20.3 Å². The van der Waals surface area contributed by atoms with Crippen LogP contribution >= 0.6 is 11.6 Å². The van der Waals surface area contributed by atoms with E-state index in [4.69, 9.17) is 16.3 Å². The molecular formula is C18H20ClNO2. The lowest BCUT2D eigenvalue weighted by molar-refractivity contribution is -0.120. The molecule has 2 aromatic rings. The fourth-order valence-corrected chi connectivity index (χ4v) is 2.27. The topological polar surface area (TPSA) is 38.3 Å². The van der Waals surface area contributed by atoms with E-state index in [9.17, 15) is 4.79 Å². The van der Waals surface area contributed by atoms with E-state index < -0.39 is 0 Å². The Labute approximate surface area is 136 Å². The zero-order valence-corrected chi connectivity index (χ0v) is 13.6. The summed E-state index contributed by atoms with van der Waals surface area (Å²) in [4.78, 5) is 11.8. The largest absolute Gasteiger partial charge is 0.492 e. The highest BCUT2D eigenvalue weighted by Crippen LogP contribution is 2.16. The fraction of sp³-hybridized carbons (Fsp3) is 0.278. The molecule has 0 heterocycles. The van der Waals surface area contributed by atoms with Crippen LogP contribution in [0.2, 0.25) is 5.02 Å². The number of hydrogen-bond donors (Lipinski definition) is 1. The quantitative estimate of drug-likeness (QED) is 0.825. The van der Waals surface area contributed by atoms with E-state index in [1.807, 2.05) is 30.3 Å². The van der Waals surface area contributed by atoms with E-state index in [0.717, 1.165) is 11.3 Å². The minimum absolute atomic E-state index is 0.0362. The van der Waals surface area contributed by atoms with E-state index in [1.54, 1.807) is 12.1 Å². The minimum Gasteiger partial charge on any atom is -0.492 e. The van der Waals surface area contributed by atoms with Crippen LogP contribution in [0.1, 0.15) is 16.7 Å². The third-order valence-electron chi connectivity index (χ3n) is 3.43. The summed E-state index contributed by atoms with van der Waals surface area (Å²) < 4.78 is 5.63. The van der Waals surface area contributed by atoms with Crippen LogP contribution in [0.25, 0.3) is 0 Å². The third kappa shape index (κ3) is 5.08. The van der Waals surface area contributed by atoms with Crippen LogP contribution in [0, 0.1) is 13.8 Å². The molecule has 22 heavy (non-hydrogen) atoms.